The minimum atomic E-state index is -0.929. The summed E-state index contributed by atoms with van der Waals surface area (Å²) in [6.45, 7) is 6.37. The van der Waals surface area contributed by atoms with Crippen LogP contribution in [-0.4, -0.2) is 5.97 Å². The SMILES string of the molecule is CC(C)=CCCC(C)CCCC(=O)[O-]. The molecule has 0 bridgehead atoms. The number of rotatable bonds is 7. The van der Waals surface area contributed by atoms with E-state index in [4.69, 9.17) is 0 Å². The summed E-state index contributed by atoms with van der Waals surface area (Å²) in [5.41, 5.74) is 1.35. The van der Waals surface area contributed by atoms with Crippen LogP contribution in [0, 0.1) is 5.92 Å². The van der Waals surface area contributed by atoms with Crippen molar-refractivity contribution in [2.24, 2.45) is 5.92 Å². The van der Waals surface area contributed by atoms with Crippen LogP contribution in [-0.2, 0) is 4.79 Å². The Kier molecular flexibility index (Phi) is 7.17. The maximum atomic E-state index is 10.2. The van der Waals surface area contributed by atoms with Gasteiger partial charge in [0.2, 0.25) is 0 Å². The predicted molar refractivity (Wildman–Crippen MR) is 56.7 cm³/mol. The van der Waals surface area contributed by atoms with Crippen molar-refractivity contribution in [1.29, 1.82) is 0 Å². The van der Waals surface area contributed by atoms with Crippen LogP contribution in [0.15, 0.2) is 11.6 Å². The Morgan fingerprint density at radius 1 is 1.36 bits per heavy atom. The van der Waals surface area contributed by atoms with Crippen LogP contribution in [0.3, 0.4) is 0 Å². The highest BCUT2D eigenvalue weighted by Gasteiger charge is 2.00. The predicted octanol–water partition coefficient (Wildman–Crippen LogP) is 2.29. The van der Waals surface area contributed by atoms with Crippen molar-refractivity contribution in [1.82, 2.24) is 0 Å². The van der Waals surface area contributed by atoms with Crippen LogP contribution in [0.5, 0.6) is 0 Å². The molecule has 0 fully saturated rings. The van der Waals surface area contributed by atoms with Gasteiger partial charge in [-0.05, 0) is 45.4 Å². The van der Waals surface area contributed by atoms with E-state index < -0.39 is 5.97 Å². The van der Waals surface area contributed by atoms with Gasteiger partial charge in [0, 0.05) is 5.97 Å². The number of carbonyl (C=O) groups is 1. The Labute approximate surface area is 87.0 Å². The second-order valence-electron chi connectivity index (χ2n) is 4.23. The molecular formula is C12H21O2-. The number of aliphatic carboxylic acids is 1. The van der Waals surface area contributed by atoms with E-state index in [1.807, 2.05) is 0 Å². The van der Waals surface area contributed by atoms with Gasteiger partial charge in [-0.15, -0.1) is 0 Å². The van der Waals surface area contributed by atoms with E-state index >= 15 is 0 Å². The van der Waals surface area contributed by atoms with Gasteiger partial charge < -0.3 is 9.90 Å². The van der Waals surface area contributed by atoms with E-state index in [2.05, 4.69) is 26.8 Å². The third kappa shape index (κ3) is 9.30. The fourth-order valence-corrected chi connectivity index (χ4v) is 1.40. The van der Waals surface area contributed by atoms with Crippen LogP contribution in [0.25, 0.3) is 0 Å². The Morgan fingerprint density at radius 2 is 2.00 bits per heavy atom. The van der Waals surface area contributed by atoms with E-state index in [0.717, 1.165) is 25.7 Å². The van der Waals surface area contributed by atoms with Gasteiger partial charge in [-0.2, -0.15) is 0 Å². The summed E-state index contributed by atoms with van der Waals surface area (Å²) in [4.78, 5) is 10.2. The Morgan fingerprint density at radius 3 is 2.50 bits per heavy atom. The first-order valence-electron chi connectivity index (χ1n) is 5.35. The summed E-state index contributed by atoms with van der Waals surface area (Å²) in [7, 11) is 0. The molecule has 0 amide bonds. The molecule has 0 saturated heterocycles. The van der Waals surface area contributed by atoms with Crippen LogP contribution in [0.1, 0.15) is 52.9 Å². The summed E-state index contributed by atoms with van der Waals surface area (Å²) >= 11 is 0. The molecule has 0 aromatic heterocycles. The fraction of sp³-hybridized carbons (Fsp3) is 0.750. The highest BCUT2D eigenvalue weighted by atomic mass is 16.4. The monoisotopic (exact) mass is 197 g/mol. The summed E-state index contributed by atoms with van der Waals surface area (Å²) in [6, 6.07) is 0. The molecular weight excluding hydrogens is 176 g/mol. The lowest BCUT2D eigenvalue weighted by Gasteiger charge is -2.09. The third-order valence-corrected chi connectivity index (χ3v) is 2.29. The number of allylic oxidation sites excluding steroid dienone is 2. The number of carboxylic acid groups (broad SMARTS) is 1. The topological polar surface area (TPSA) is 40.1 Å². The molecule has 0 N–H and O–H groups in total. The first-order chi connectivity index (χ1) is 6.52. The maximum absolute atomic E-state index is 10.2. The zero-order valence-electron chi connectivity index (χ0n) is 9.51. The van der Waals surface area contributed by atoms with Crippen molar-refractivity contribution < 1.29 is 9.90 Å². The van der Waals surface area contributed by atoms with Crippen LogP contribution in [0.2, 0.25) is 0 Å². The minimum absolute atomic E-state index is 0.201. The van der Waals surface area contributed by atoms with Crippen molar-refractivity contribution in [3.63, 3.8) is 0 Å². The van der Waals surface area contributed by atoms with Gasteiger partial charge in [-0.25, -0.2) is 0 Å². The Hall–Kier alpha value is -0.790. The third-order valence-electron chi connectivity index (χ3n) is 2.29. The zero-order chi connectivity index (χ0) is 11.0. The molecule has 1 atom stereocenters. The summed E-state index contributed by atoms with van der Waals surface area (Å²) in [5, 5.41) is 10.2. The molecule has 0 spiro atoms. The first kappa shape index (κ1) is 13.2. The molecule has 0 aliphatic carbocycles. The van der Waals surface area contributed by atoms with E-state index in [1.54, 1.807) is 0 Å². The molecule has 0 aliphatic heterocycles. The average molecular weight is 197 g/mol. The maximum Gasteiger partial charge on any atom is 0.0414 e. The lowest BCUT2D eigenvalue weighted by atomic mass is 9.98. The molecule has 2 nitrogen and oxygen atoms in total. The first-order valence-corrected chi connectivity index (χ1v) is 5.35. The standard InChI is InChI=1S/C12H22O2/c1-10(2)6-4-7-11(3)8-5-9-12(13)14/h6,11H,4-5,7-9H2,1-3H3,(H,13,14)/p-1. The normalized spacial score (nSPS) is 12.2. The molecule has 0 aromatic rings. The van der Waals surface area contributed by atoms with Gasteiger partial charge in [-0.3, -0.25) is 0 Å². The smallest absolute Gasteiger partial charge is 0.0414 e. The van der Waals surface area contributed by atoms with Crippen LogP contribution < -0.4 is 5.11 Å². The molecule has 14 heavy (non-hydrogen) atoms. The minimum Gasteiger partial charge on any atom is -0.550 e. The largest absolute Gasteiger partial charge is 0.550 e. The Bertz CT molecular complexity index is 190. The van der Waals surface area contributed by atoms with E-state index in [0.29, 0.717) is 5.92 Å². The van der Waals surface area contributed by atoms with E-state index in [1.165, 1.54) is 5.57 Å². The summed E-state index contributed by atoms with van der Waals surface area (Å²) in [5.74, 6) is -0.313. The lowest BCUT2D eigenvalue weighted by molar-refractivity contribution is -0.305. The van der Waals surface area contributed by atoms with Gasteiger partial charge in [0.1, 0.15) is 0 Å². The highest BCUT2D eigenvalue weighted by molar-refractivity contribution is 5.64. The molecule has 0 aliphatic rings. The molecule has 1 unspecified atom stereocenters. The second-order valence-corrected chi connectivity index (χ2v) is 4.23. The van der Waals surface area contributed by atoms with Crippen molar-refractivity contribution in [2.45, 2.75) is 52.9 Å². The molecule has 2 heteroatoms. The van der Waals surface area contributed by atoms with Gasteiger partial charge in [-0.1, -0.05) is 25.0 Å². The number of hydrogen-bond donors (Lipinski definition) is 0. The quantitative estimate of drug-likeness (QED) is 0.587. The van der Waals surface area contributed by atoms with Gasteiger partial charge in [0.25, 0.3) is 0 Å². The fourth-order valence-electron chi connectivity index (χ4n) is 1.40. The highest BCUT2D eigenvalue weighted by Crippen LogP contribution is 2.14. The van der Waals surface area contributed by atoms with Gasteiger partial charge >= 0.3 is 0 Å². The molecule has 0 rings (SSSR count). The molecule has 82 valence electrons. The molecule has 0 heterocycles. The van der Waals surface area contributed by atoms with Gasteiger partial charge in [0.05, 0.1) is 0 Å². The van der Waals surface area contributed by atoms with Crippen molar-refractivity contribution in [3.05, 3.63) is 11.6 Å². The average Bonchev–Trinajstić information content (AvgIpc) is 2.02. The van der Waals surface area contributed by atoms with Crippen LogP contribution in [0.4, 0.5) is 0 Å². The summed E-state index contributed by atoms with van der Waals surface area (Å²) in [6.07, 6.45) is 6.43. The summed E-state index contributed by atoms with van der Waals surface area (Å²) < 4.78 is 0. The molecule has 0 radical (unpaired) electrons. The molecule has 0 saturated carbocycles. The van der Waals surface area contributed by atoms with Gasteiger partial charge in [0.15, 0.2) is 0 Å². The van der Waals surface area contributed by atoms with E-state index in [9.17, 15) is 9.90 Å². The number of carbonyl (C=O) groups excluding carboxylic acids is 1. The van der Waals surface area contributed by atoms with E-state index in [-0.39, 0.29) is 6.42 Å². The van der Waals surface area contributed by atoms with Crippen molar-refractivity contribution in [2.75, 3.05) is 0 Å². The number of carboxylic acids is 1. The number of hydrogen-bond acceptors (Lipinski definition) is 2. The molecule has 0 aromatic carbocycles. The van der Waals surface area contributed by atoms with Crippen molar-refractivity contribution >= 4 is 5.97 Å². The zero-order valence-corrected chi connectivity index (χ0v) is 9.51. The lowest BCUT2D eigenvalue weighted by Crippen LogP contribution is -2.21. The Balaban J connectivity index is 3.41. The van der Waals surface area contributed by atoms with Crippen molar-refractivity contribution in [3.8, 4) is 0 Å². The second kappa shape index (κ2) is 7.60. The van der Waals surface area contributed by atoms with Crippen LogP contribution >= 0.6 is 0 Å².